The molecule has 2 aromatic carbocycles. The summed E-state index contributed by atoms with van der Waals surface area (Å²) in [7, 11) is 0. The topological polar surface area (TPSA) is 102 Å². The van der Waals surface area contributed by atoms with Crippen LogP contribution in [-0.2, 0) is 17.9 Å². The molecule has 0 aliphatic carbocycles. The molecule has 2 atom stereocenters. The Morgan fingerprint density at radius 2 is 1.89 bits per heavy atom. The third kappa shape index (κ3) is 6.83. The number of thiophene rings is 1. The standard InChI is InChI=1S/C29H33N5O2S/c1-21-4-10-24(11-5-21)29(36)34-15-12-25(17-27(34)28(35)32-14-13-30)33(20-26-3-2-16-37-26)19-23-8-6-22(18-31)7-9-23/h2-11,16,25,27H,12-15,17,19-20,30H2,1H3,(H,32,35)/t25?,27-/m1/s1. The molecule has 2 heterocycles. The van der Waals surface area contributed by atoms with Gasteiger partial charge in [-0.05, 0) is 61.0 Å². The molecule has 3 N–H and O–H groups in total. The SMILES string of the molecule is Cc1ccc(C(=O)N2CCC(N(Cc3ccc(C#N)cc3)Cc3cccs3)C[C@@H]2C(=O)NCCN)cc1. The van der Waals surface area contributed by atoms with Crippen LogP contribution in [0.2, 0.25) is 0 Å². The number of aryl methyl sites for hydroxylation is 1. The Morgan fingerprint density at radius 1 is 1.14 bits per heavy atom. The normalized spacial score (nSPS) is 17.4. The lowest BCUT2D eigenvalue weighted by atomic mass is 9.93. The summed E-state index contributed by atoms with van der Waals surface area (Å²) in [5.74, 6) is -0.284. The summed E-state index contributed by atoms with van der Waals surface area (Å²) >= 11 is 1.71. The number of nitrogens with one attached hydrogen (secondary N) is 1. The average Bonchev–Trinajstić information content (AvgIpc) is 3.44. The van der Waals surface area contributed by atoms with Crippen molar-refractivity contribution in [1.29, 1.82) is 5.26 Å². The fraction of sp³-hybridized carbons (Fsp3) is 0.345. The molecule has 7 nitrogen and oxygen atoms in total. The Morgan fingerprint density at radius 3 is 2.54 bits per heavy atom. The van der Waals surface area contributed by atoms with Crippen molar-refractivity contribution in [2.75, 3.05) is 19.6 Å². The molecule has 0 saturated carbocycles. The molecular weight excluding hydrogens is 482 g/mol. The van der Waals surface area contributed by atoms with E-state index < -0.39 is 6.04 Å². The molecule has 1 saturated heterocycles. The first-order valence-electron chi connectivity index (χ1n) is 12.6. The van der Waals surface area contributed by atoms with Crippen molar-refractivity contribution in [3.63, 3.8) is 0 Å². The second-order valence-electron chi connectivity index (χ2n) is 9.43. The van der Waals surface area contributed by atoms with Gasteiger partial charge < -0.3 is 16.0 Å². The van der Waals surface area contributed by atoms with E-state index in [1.165, 1.54) is 4.88 Å². The third-order valence-electron chi connectivity index (χ3n) is 6.80. The predicted octanol–water partition coefficient (Wildman–Crippen LogP) is 3.68. The van der Waals surface area contributed by atoms with Gasteiger partial charge in [0.25, 0.3) is 5.91 Å². The number of rotatable bonds is 9. The Labute approximate surface area is 222 Å². The Bertz CT molecular complexity index is 1220. The number of hydrogen-bond acceptors (Lipinski definition) is 6. The molecule has 3 aromatic rings. The van der Waals surface area contributed by atoms with Crippen molar-refractivity contribution in [3.05, 3.63) is 93.2 Å². The minimum Gasteiger partial charge on any atom is -0.353 e. The van der Waals surface area contributed by atoms with Gasteiger partial charge in [0, 0.05) is 49.2 Å². The van der Waals surface area contributed by atoms with Crippen LogP contribution in [0.3, 0.4) is 0 Å². The van der Waals surface area contributed by atoms with Crippen molar-refractivity contribution in [2.45, 2.75) is 44.9 Å². The fourth-order valence-electron chi connectivity index (χ4n) is 4.78. The van der Waals surface area contributed by atoms with E-state index in [9.17, 15) is 9.59 Å². The highest BCUT2D eigenvalue weighted by Crippen LogP contribution is 2.28. The van der Waals surface area contributed by atoms with Gasteiger partial charge in [-0.3, -0.25) is 14.5 Å². The Kier molecular flexibility index (Phi) is 9.07. The quantitative estimate of drug-likeness (QED) is 0.453. The van der Waals surface area contributed by atoms with Gasteiger partial charge in [-0.25, -0.2) is 0 Å². The molecule has 1 aliphatic heterocycles. The van der Waals surface area contributed by atoms with Crippen molar-refractivity contribution in [3.8, 4) is 6.07 Å². The molecule has 1 fully saturated rings. The van der Waals surface area contributed by atoms with E-state index in [-0.39, 0.29) is 17.9 Å². The summed E-state index contributed by atoms with van der Waals surface area (Å²) < 4.78 is 0. The van der Waals surface area contributed by atoms with Gasteiger partial charge in [0.2, 0.25) is 5.91 Å². The Hall–Kier alpha value is -3.51. The van der Waals surface area contributed by atoms with Crippen LogP contribution < -0.4 is 11.1 Å². The van der Waals surface area contributed by atoms with Gasteiger partial charge in [-0.2, -0.15) is 5.26 Å². The van der Waals surface area contributed by atoms with Crippen LogP contribution in [0.4, 0.5) is 0 Å². The summed E-state index contributed by atoms with van der Waals surface area (Å²) in [6.07, 6.45) is 1.30. The maximum absolute atomic E-state index is 13.5. The number of piperidine rings is 1. The second-order valence-corrected chi connectivity index (χ2v) is 10.5. The highest BCUT2D eigenvalue weighted by molar-refractivity contribution is 7.09. The van der Waals surface area contributed by atoms with E-state index in [0.29, 0.717) is 43.7 Å². The van der Waals surface area contributed by atoms with Crippen molar-refractivity contribution < 1.29 is 9.59 Å². The first-order chi connectivity index (χ1) is 18.0. The molecule has 1 unspecified atom stereocenters. The van der Waals surface area contributed by atoms with E-state index >= 15 is 0 Å². The summed E-state index contributed by atoms with van der Waals surface area (Å²) in [5.41, 5.74) is 9.06. The maximum atomic E-state index is 13.5. The lowest BCUT2D eigenvalue weighted by Gasteiger charge is -2.43. The zero-order valence-electron chi connectivity index (χ0n) is 21.1. The van der Waals surface area contributed by atoms with Crippen LogP contribution in [0, 0.1) is 18.3 Å². The maximum Gasteiger partial charge on any atom is 0.254 e. The number of nitrogens with zero attached hydrogens (tertiary/aromatic N) is 3. The molecule has 4 rings (SSSR count). The Balaban J connectivity index is 1.58. The highest BCUT2D eigenvalue weighted by Gasteiger charge is 2.38. The predicted molar refractivity (Wildman–Crippen MR) is 146 cm³/mol. The number of likely N-dealkylation sites (tertiary alicyclic amines) is 1. The average molecular weight is 516 g/mol. The van der Waals surface area contributed by atoms with Gasteiger partial charge in [0.1, 0.15) is 6.04 Å². The van der Waals surface area contributed by atoms with E-state index in [4.69, 9.17) is 11.0 Å². The smallest absolute Gasteiger partial charge is 0.254 e. The zero-order chi connectivity index (χ0) is 26.2. The minimum absolute atomic E-state index is 0.105. The molecule has 192 valence electrons. The lowest BCUT2D eigenvalue weighted by molar-refractivity contribution is -0.127. The number of nitrogens with two attached hydrogens (primary N) is 1. The van der Waals surface area contributed by atoms with Crippen LogP contribution >= 0.6 is 11.3 Å². The van der Waals surface area contributed by atoms with Gasteiger partial charge in [0.15, 0.2) is 0 Å². The van der Waals surface area contributed by atoms with Crippen LogP contribution in [0.15, 0.2) is 66.0 Å². The summed E-state index contributed by atoms with van der Waals surface area (Å²) in [6, 6.07) is 21.0. The first kappa shape index (κ1) is 26.6. The number of carbonyl (C=O) groups is 2. The number of benzene rings is 2. The molecule has 0 bridgehead atoms. The first-order valence-corrected chi connectivity index (χ1v) is 13.5. The number of carbonyl (C=O) groups excluding carboxylic acids is 2. The largest absolute Gasteiger partial charge is 0.353 e. The van der Waals surface area contributed by atoms with Crippen LogP contribution in [0.1, 0.15) is 44.8 Å². The molecule has 2 amide bonds. The molecule has 0 radical (unpaired) electrons. The number of amides is 2. The molecular formula is C29H33N5O2S. The monoisotopic (exact) mass is 515 g/mol. The van der Waals surface area contributed by atoms with Crippen molar-refractivity contribution in [2.24, 2.45) is 5.73 Å². The highest BCUT2D eigenvalue weighted by atomic mass is 32.1. The molecule has 1 aliphatic rings. The molecule has 0 spiro atoms. The fourth-order valence-corrected chi connectivity index (χ4v) is 5.51. The van der Waals surface area contributed by atoms with Crippen molar-refractivity contribution in [1.82, 2.24) is 15.1 Å². The van der Waals surface area contributed by atoms with E-state index in [2.05, 4.69) is 27.7 Å². The van der Waals surface area contributed by atoms with Crippen LogP contribution in [-0.4, -0.2) is 53.3 Å². The van der Waals surface area contributed by atoms with E-state index in [1.54, 1.807) is 16.2 Å². The van der Waals surface area contributed by atoms with E-state index in [0.717, 1.165) is 24.1 Å². The van der Waals surface area contributed by atoms with E-state index in [1.807, 2.05) is 61.5 Å². The van der Waals surface area contributed by atoms with Gasteiger partial charge in [-0.15, -0.1) is 11.3 Å². The molecule has 8 heteroatoms. The third-order valence-corrected chi connectivity index (χ3v) is 7.67. The molecule has 1 aromatic heterocycles. The summed E-state index contributed by atoms with van der Waals surface area (Å²) in [5, 5.41) is 14.1. The van der Waals surface area contributed by atoms with Gasteiger partial charge >= 0.3 is 0 Å². The number of hydrogen-bond donors (Lipinski definition) is 2. The van der Waals surface area contributed by atoms with Crippen LogP contribution in [0.5, 0.6) is 0 Å². The number of nitriles is 1. The molecule has 37 heavy (non-hydrogen) atoms. The summed E-state index contributed by atoms with van der Waals surface area (Å²) in [6.45, 7) is 4.64. The van der Waals surface area contributed by atoms with Gasteiger partial charge in [-0.1, -0.05) is 35.9 Å². The zero-order valence-corrected chi connectivity index (χ0v) is 21.9. The second kappa shape index (κ2) is 12.6. The van der Waals surface area contributed by atoms with Crippen LogP contribution in [0.25, 0.3) is 0 Å². The van der Waals surface area contributed by atoms with Crippen molar-refractivity contribution >= 4 is 23.2 Å². The van der Waals surface area contributed by atoms with Gasteiger partial charge in [0.05, 0.1) is 11.6 Å². The lowest BCUT2D eigenvalue weighted by Crippen LogP contribution is -2.57. The minimum atomic E-state index is -0.578. The summed E-state index contributed by atoms with van der Waals surface area (Å²) in [4.78, 5) is 32.1.